The number of anilines is 1. The van der Waals surface area contributed by atoms with Crippen molar-refractivity contribution in [3.8, 4) is 0 Å². The smallest absolute Gasteiger partial charge is 0.254 e. The zero-order chi connectivity index (χ0) is 22.6. The molecule has 1 aliphatic heterocycles. The van der Waals surface area contributed by atoms with Crippen LogP contribution >= 0.6 is 0 Å². The largest absolute Gasteiger partial charge is 0.379 e. The topological polar surface area (TPSA) is 140 Å². The number of imide groups is 1. The molecule has 0 spiro atoms. The molecule has 10 nitrogen and oxygen atoms in total. The molecule has 1 aromatic rings. The van der Waals surface area contributed by atoms with E-state index in [1.54, 1.807) is 23.1 Å². The fraction of sp³-hybridized carbons (Fsp3) is 0.524. The SMILES string of the molecule is CC(CCC(=O)NC=O)N1Cc2c(NC(=O)CCOCCOCCN)cccc2C1=O. The Morgan fingerprint density at radius 2 is 1.90 bits per heavy atom. The van der Waals surface area contributed by atoms with Crippen LogP contribution in [0.1, 0.15) is 42.1 Å². The van der Waals surface area contributed by atoms with Gasteiger partial charge in [0.05, 0.1) is 32.8 Å². The van der Waals surface area contributed by atoms with Crippen LogP contribution in [-0.2, 0) is 30.4 Å². The maximum absolute atomic E-state index is 12.8. The quantitative estimate of drug-likeness (QED) is 0.284. The number of carbonyl (C=O) groups is 4. The van der Waals surface area contributed by atoms with E-state index in [0.717, 1.165) is 5.56 Å². The van der Waals surface area contributed by atoms with Crippen LogP contribution in [0.15, 0.2) is 18.2 Å². The Balaban J connectivity index is 1.86. The molecular formula is C21H30N4O6. The van der Waals surface area contributed by atoms with E-state index in [1.807, 2.05) is 6.92 Å². The standard InChI is InChI=1S/C21H30N4O6/c1-15(5-6-19(27)23-14-26)25-13-17-16(21(25)29)3-2-4-18(17)24-20(28)7-9-30-11-12-31-10-8-22/h2-4,14-15H,5-13,22H2,1H3,(H,24,28)(H,23,26,27). The minimum absolute atomic E-state index is 0.140. The number of nitrogens with one attached hydrogen (secondary N) is 2. The lowest BCUT2D eigenvalue weighted by Gasteiger charge is -2.24. The minimum Gasteiger partial charge on any atom is -0.379 e. The molecule has 0 saturated heterocycles. The number of fused-ring (bicyclic) bond motifs is 1. The Labute approximate surface area is 181 Å². The van der Waals surface area contributed by atoms with Gasteiger partial charge in [0.15, 0.2) is 0 Å². The van der Waals surface area contributed by atoms with Crippen molar-refractivity contribution in [3.05, 3.63) is 29.3 Å². The van der Waals surface area contributed by atoms with Crippen LogP contribution in [0.5, 0.6) is 0 Å². The maximum atomic E-state index is 12.8. The molecular weight excluding hydrogens is 404 g/mol. The van der Waals surface area contributed by atoms with Crippen molar-refractivity contribution in [2.45, 2.75) is 38.8 Å². The van der Waals surface area contributed by atoms with E-state index in [9.17, 15) is 19.2 Å². The molecule has 4 amide bonds. The highest BCUT2D eigenvalue weighted by Gasteiger charge is 2.32. The lowest BCUT2D eigenvalue weighted by Crippen LogP contribution is -2.34. The summed E-state index contributed by atoms with van der Waals surface area (Å²) in [7, 11) is 0. The van der Waals surface area contributed by atoms with E-state index in [0.29, 0.717) is 57.0 Å². The number of ether oxygens (including phenoxy) is 2. The summed E-state index contributed by atoms with van der Waals surface area (Å²) in [5.41, 5.74) is 7.20. The van der Waals surface area contributed by atoms with Crippen LogP contribution < -0.4 is 16.4 Å². The molecule has 170 valence electrons. The maximum Gasteiger partial charge on any atom is 0.254 e. The second kappa shape index (κ2) is 12.8. The Morgan fingerprint density at radius 1 is 1.16 bits per heavy atom. The predicted molar refractivity (Wildman–Crippen MR) is 113 cm³/mol. The third-order valence-electron chi connectivity index (χ3n) is 4.92. The number of benzene rings is 1. The number of nitrogens with zero attached hydrogens (tertiary/aromatic N) is 1. The minimum atomic E-state index is -0.382. The highest BCUT2D eigenvalue weighted by Crippen LogP contribution is 2.31. The summed E-state index contributed by atoms with van der Waals surface area (Å²) in [6, 6.07) is 5.01. The van der Waals surface area contributed by atoms with E-state index in [1.165, 1.54) is 0 Å². The van der Waals surface area contributed by atoms with Crippen molar-refractivity contribution in [1.82, 2.24) is 10.2 Å². The predicted octanol–water partition coefficient (Wildman–Crippen LogP) is 0.404. The first kappa shape index (κ1) is 24.4. The van der Waals surface area contributed by atoms with Crippen LogP contribution in [-0.4, -0.2) is 68.0 Å². The van der Waals surface area contributed by atoms with Crippen LogP contribution in [0.2, 0.25) is 0 Å². The van der Waals surface area contributed by atoms with Gasteiger partial charge in [-0.25, -0.2) is 0 Å². The van der Waals surface area contributed by atoms with Crippen LogP contribution in [0.4, 0.5) is 5.69 Å². The molecule has 1 aromatic carbocycles. The first-order chi connectivity index (χ1) is 15.0. The second-order valence-corrected chi connectivity index (χ2v) is 7.15. The number of rotatable bonds is 14. The van der Waals surface area contributed by atoms with Gasteiger partial charge in [-0.1, -0.05) is 6.07 Å². The zero-order valence-electron chi connectivity index (χ0n) is 17.7. The van der Waals surface area contributed by atoms with Crippen LogP contribution in [0.25, 0.3) is 0 Å². The van der Waals surface area contributed by atoms with Gasteiger partial charge in [0.25, 0.3) is 5.91 Å². The molecule has 1 atom stereocenters. The number of amides is 4. The fourth-order valence-electron chi connectivity index (χ4n) is 3.24. The number of nitrogens with two attached hydrogens (primary N) is 1. The molecule has 4 N–H and O–H groups in total. The van der Waals surface area contributed by atoms with Gasteiger partial charge in [0.1, 0.15) is 0 Å². The van der Waals surface area contributed by atoms with Gasteiger partial charge in [-0.3, -0.25) is 24.5 Å². The van der Waals surface area contributed by atoms with E-state index < -0.39 is 0 Å². The summed E-state index contributed by atoms with van der Waals surface area (Å²) in [6.45, 7) is 4.21. The second-order valence-electron chi connectivity index (χ2n) is 7.15. The summed E-state index contributed by atoms with van der Waals surface area (Å²) in [6.07, 6.45) is 1.09. The van der Waals surface area contributed by atoms with Crippen molar-refractivity contribution < 1.29 is 28.7 Å². The first-order valence-corrected chi connectivity index (χ1v) is 10.3. The lowest BCUT2D eigenvalue weighted by molar-refractivity contribution is -0.125. The number of carbonyl (C=O) groups excluding carboxylic acids is 4. The van der Waals surface area contributed by atoms with Gasteiger partial charge in [-0.05, 0) is 25.5 Å². The van der Waals surface area contributed by atoms with Crippen molar-refractivity contribution >= 4 is 29.8 Å². The molecule has 0 fully saturated rings. The average Bonchev–Trinajstić information content (AvgIpc) is 3.09. The lowest BCUT2D eigenvalue weighted by atomic mass is 10.1. The molecule has 0 aromatic heterocycles. The molecule has 2 rings (SSSR count). The van der Waals surface area contributed by atoms with E-state index in [2.05, 4.69) is 10.6 Å². The Bertz CT molecular complexity index is 785. The summed E-state index contributed by atoms with van der Waals surface area (Å²) in [5, 5.41) is 4.94. The molecule has 0 saturated carbocycles. The summed E-state index contributed by atoms with van der Waals surface area (Å²) in [5.74, 6) is -0.733. The summed E-state index contributed by atoms with van der Waals surface area (Å²) < 4.78 is 10.6. The molecule has 0 radical (unpaired) electrons. The Kier molecular flexibility index (Phi) is 10.1. The zero-order valence-corrected chi connectivity index (χ0v) is 17.7. The van der Waals surface area contributed by atoms with E-state index >= 15 is 0 Å². The number of hydrogen-bond donors (Lipinski definition) is 3. The third kappa shape index (κ3) is 7.42. The van der Waals surface area contributed by atoms with Crippen LogP contribution in [0, 0.1) is 0 Å². The van der Waals surface area contributed by atoms with Crippen molar-refractivity contribution in [3.63, 3.8) is 0 Å². The molecule has 1 unspecified atom stereocenters. The summed E-state index contributed by atoms with van der Waals surface area (Å²) >= 11 is 0. The van der Waals surface area contributed by atoms with Gasteiger partial charge in [-0.2, -0.15) is 0 Å². The highest BCUT2D eigenvalue weighted by molar-refractivity contribution is 6.02. The van der Waals surface area contributed by atoms with E-state index in [-0.39, 0.29) is 43.2 Å². The van der Waals surface area contributed by atoms with Crippen molar-refractivity contribution in [2.75, 3.05) is 38.3 Å². The van der Waals surface area contributed by atoms with Crippen molar-refractivity contribution in [2.24, 2.45) is 5.73 Å². The molecule has 31 heavy (non-hydrogen) atoms. The number of hydrogen-bond acceptors (Lipinski definition) is 7. The van der Waals surface area contributed by atoms with Gasteiger partial charge in [0.2, 0.25) is 18.2 Å². The third-order valence-corrected chi connectivity index (χ3v) is 4.92. The normalized spacial score (nSPS) is 13.6. The molecule has 1 heterocycles. The Morgan fingerprint density at radius 3 is 2.61 bits per heavy atom. The first-order valence-electron chi connectivity index (χ1n) is 10.3. The Hall–Kier alpha value is -2.82. The molecule has 10 heteroatoms. The van der Waals surface area contributed by atoms with Gasteiger partial charge < -0.3 is 25.4 Å². The molecule has 0 bridgehead atoms. The van der Waals surface area contributed by atoms with Crippen molar-refractivity contribution in [1.29, 1.82) is 0 Å². The van der Waals surface area contributed by atoms with E-state index in [4.69, 9.17) is 15.2 Å². The monoisotopic (exact) mass is 434 g/mol. The fourth-order valence-corrected chi connectivity index (χ4v) is 3.24. The molecule has 1 aliphatic rings. The average molecular weight is 434 g/mol. The van der Waals surface area contributed by atoms with Gasteiger partial charge in [-0.15, -0.1) is 0 Å². The van der Waals surface area contributed by atoms with Crippen LogP contribution in [0.3, 0.4) is 0 Å². The van der Waals surface area contributed by atoms with Gasteiger partial charge in [0, 0.05) is 42.4 Å². The highest BCUT2D eigenvalue weighted by atomic mass is 16.5. The van der Waals surface area contributed by atoms with Gasteiger partial charge >= 0.3 is 0 Å². The molecule has 0 aliphatic carbocycles. The summed E-state index contributed by atoms with van der Waals surface area (Å²) in [4.78, 5) is 48.5.